The third-order valence-electron chi connectivity index (χ3n) is 2.53. The van der Waals surface area contributed by atoms with Crippen molar-refractivity contribution in [3.05, 3.63) is 42.4 Å². The Balaban J connectivity index is 2.08. The molecular formula is C14H17N5S. The molecule has 0 atom stereocenters. The van der Waals surface area contributed by atoms with Gasteiger partial charge in [0.15, 0.2) is 5.11 Å². The van der Waals surface area contributed by atoms with Gasteiger partial charge < -0.3 is 16.0 Å². The average Bonchev–Trinajstić information content (AvgIpc) is 2.39. The SMILES string of the molecule is CCNC(=S)Nc1cccc(Nc2cc(C)ncn2)c1. The Morgan fingerprint density at radius 2 is 2.00 bits per heavy atom. The molecule has 6 heteroatoms. The lowest BCUT2D eigenvalue weighted by atomic mass is 10.2. The topological polar surface area (TPSA) is 61.9 Å². The smallest absolute Gasteiger partial charge is 0.170 e. The van der Waals surface area contributed by atoms with E-state index in [1.54, 1.807) is 6.33 Å². The first kappa shape index (κ1) is 14.2. The average molecular weight is 287 g/mol. The predicted octanol–water partition coefficient (Wildman–Crippen LogP) is 2.83. The van der Waals surface area contributed by atoms with Gasteiger partial charge >= 0.3 is 0 Å². The maximum Gasteiger partial charge on any atom is 0.170 e. The molecule has 1 heterocycles. The Morgan fingerprint density at radius 3 is 2.75 bits per heavy atom. The van der Waals surface area contributed by atoms with Crippen LogP contribution in [0.4, 0.5) is 17.2 Å². The Morgan fingerprint density at radius 1 is 1.20 bits per heavy atom. The van der Waals surface area contributed by atoms with Crippen molar-refractivity contribution in [2.24, 2.45) is 0 Å². The fourth-order valence-corrected chi connectivity index (χ4v) is 1.94. The lowest BCUT2D eigenvalue weighted by Gasteiger charge is -2.11. The van der Waals surface area contributed by atoms with Gasteiger partial charge in [-0.2, -0.15) is 0 Å². The number of aryl methyl sites for hydroxylation is 1. The van der Waals surface area contributed by atoms with Crippen LogP contribution in [0.2, 0.25) is 0 Å². The number of thiocarbonyl (C=S) groups is 1. The van der Waals surface area contributed by atoms with Gasteiger partial charge in [0, 0.05) is 29.7 Å². The maximum atomic E-state index is 5.16. The fourth-order valence-electron chi connectivity index (χ4n) is 1.68. The van der Waals surface area contributed by atoms with E-state index < -0.39 is 0 Å². The Labute approximate surface area is 123 Å². The van der Waals surface area contributed by atoms with Crippen molar-refractivity contribution in [1.82, 2.24) is 15.3 Å². The molecule has 0 aliphatic rings. The number of nitrogens with one attached hydrogen (secondary N) is 3. The highest BCUT2D eigenvalue weighted by molar-refractivity contribution is 7.80. The van der Waals surface area contributed by atoms with E-state index in [9.17, 15) is 0 Å². The molecule has 0 aliphatic heterocycles. The molecule has 3 N–H and O–H groups in total. The van der Waals surface area contributed by atoms with Gasteiger partial charge in [0.05, 0.1) is 0 Å². The minimum atomic E-state index is 0.613. The minimum Gasteiger partial charge on any atom is -0.363 e. The quantitative estimate of drug-likeness (QED) is 0.752. The highest BCUT2D eigenvalue weighted by Gasteiger charge is 2.00. The Kier molecular flexibility index (Phi) is 4.84. The Hall–Kier alpha value is -2.21. The number of hydrogen-bond acceptors (Lipinski definition) is 4. The van der Waals surface area contributed by atoms with Gasteiger partial charge in [-0.25, -0.2) is 9.97 Å². The fraction of sp³-hybridized carbons (Fsp3) is 0.214. The monoisotopic (exact) mass is 287 g/mol. The number of aromatic nitrogens is 2. The molecule has 0 saturated heterocycles. The summed E-state index contributed by atoms with van der Waals surface area (Å²) in [6.07, 6.45) is 1.54. The van der Waals surface area contributed by atoms with Crippen molar-refractivity contribution in [2.75, 3.05) is 17.2 Å². The van der Waals surface area contributed by atoms with E-state index in [0.29, 0.717) is 5.11 Å². The standard InChI is InChI=1S/C14H17N5S/c1-3-15-14(20)19-12-6-4-5-11(8-12)18-13-7-10(2)16-9-17-13/h4-9H,3H2,1-2H3,(H2,15,19,20)(H,16,17,18). The summed E-state index contributed by atoms with van der Waals surface area (Å²) in [6.45, 7) is 4.73. The summed E-state index contributed by atoms with van der Waals surface area (Å²) in [5.41, 5.74) is 2.78. The second-order valence-corrected chi connectivity index (χ2v) is 4.64. The molecule has 1 aromatic carbocycles. The molecule has 0 unspecified atom stereocenters. The van der Waals surface area contributed by atoms with E-state index in [0.717, 1.165) is 29.4 Å². The third kappa shape index (κ3) is 4.17. The van der Waals surface area contributed by atoms with Crippen LogP contribution in [0.3, 0.4) is 0 Å². The molecule has 0 fully saturated rings. The van der Waals surface area contributed by atoms with Crippen molar-refractivity contribution in [3.63, 3.8) is 0 Å². The zero-order valence-corrected chi connectivity index (χ0v) is 12.3. The molecule has 5 nitrogen and oxygen atoms in total. The number of anilines is 3. The highest BCUT2D eigenvalue weighted by atomic mass is 32.1. The van der Waals surface area contributed by atoms with Crippen molar-refractivity contribution >= 4 is 34.5 Å². The van der Waals surface area contributed by atoms with Gasteiger partial charge in [-0.05, 0) is 44.3 Å². The van der Waals surface area contributed by atoms with Gasteiger partial charge in [0.1, 0.15) is 12.1 Å². The lowest BCUT2D eigenvalue weighted by molar-refractivity contribution is 0.979. The number of benzene rings is 1. The molecular weight excluding hydrogens is 270 g/mol. The molecule has 0 bridgehead atoms. The summed E-state index contributed by atoms with van der Waals surface area (Å²) in [4.78, 5) is 8.24. The second kappa shape index (κ2) is 6.81. The molecule has 0 spiro atoms. The minimum absolute atomic E-state index is 0.613. The van der Waals surface area contributed by atoms with Crippen LogP contribution in [0, 0.1) is 6.92 Å². The number of rotatable bonds is 4. The van der Waals surface area contributed by atoms with E-state index in [4.69, 9.17) is 12.2 Å². The summed E-state index contributed by atoms with van der Waals surface area (Å²) in [6, 6.07) is 9.75. The molecule has 0 radical (unpaired) electrons. The van der Waals surface area contributed by atoms with Crippen molar-refractivity contribution in [3.8, 4) is 0 Å². The first-order chi connectivity index (χ1) is 9.67. The van der Waals surface area contributed by atoms with E-state index in [1.807, 2.05) is 44.2 Å². The molecule has 0 saturated carbocycles. The van der Waals surface area contributed by atoms with Crippen LogP contribution in [-0.2, 0) is 0 Å². The van der Waals surface area contributed by atoms with E-state index in [1.165, 1.54) is 0 Å². The van der Waals surface area contributed by atoms with Crippen LogP contribution in [0.5, 0.6) is 0 Å². The van der Waals surface area contributed by atoms with E-state index in [2.05, 4.69) is 25.9 Å². The van der Waals surface area contributed by atoms with Crippen LogP contribution in [0.25, 0.3) is 0 Å². The highest BCUT2D eigenvalue weighted by Crippen LogP contribution is 2.18. The first-order valence-electron chi connectivity index (χ1n) is 6.38. The second-order valence-electron chi connectivity index (χ2n) is 4.23. The summed E-state index contributed by atoms with van der Waals surface area (Å²) >= 11 is 5.16. The normalized spacial score (nSPS) is 9.90. The summed E-state index contributed by atoms with van der Waals surface area (Å²) in [5, 5.41) is 10.0. The largest absolute Gasteiger partial charge is 0.363 e. The zero-order valence-electron chi connectivity index (χ0n) is 11.5. The van der Waals surface area contributed by atoms with Crippen LogP contribution in [0.1, 0.15) is 12.6 Å². The van der Waals surface area contributed by atoms with E-state index in [-0.39, 0.29) is 0 Å². The lowest BCUT2D eigenvalue weighted by Crippen LogP contribution is -2.27. The van der Waals surface area contributed by atoms with Crippen molar-refractivity contribution in [1.29, 1.82) is 0 Å². The number of hydrogen-bond donors (Lipinski definition) is 3. The molecule has 104 valence electrons. The van der Waals surface area contributed by atoms with Crippen LogP contribution >= 0.6 is 12.2 Å². The van der Waals surface area contributed by atoms with Gasteiger partial charge in [0.25, 0.3) is 0 Å². The van der Waals surface area contributed by atoms with Crippen LogP contribution in [0.15, 0.2) is 36.7 Å². The first-order valence-corrected chi connectivity index (χ1v) is 6.79. The Bertz CT molecular complexity index is 600. The zero-order chi connectivity index (χ0) is 14.4. The van der Waals surface area contributed by atoms with Gasteiger partial charge in [-0.3, -0.25) is 0 Å². The van der Waals surface area contributed by atoms with E-state index >= 15 is 0 Å². The maximum absolute atomic E-state index is 5.16. The summed E-state index contributed by atoms with van der Waals surface area (Å²) < 4.78 is 0. The van der Waals surface area contributed by atoms with Crippen molar-refractivity contribution in [2.45, 2.75) is 13.8 Å². The van der Waals surface area contributed by atoms with Crippen molar-refractivity contribution < 1.29 is 0 Å². The van der Waals surface area contributed by atoms with Crippen LogP contribution in [-0.4, -0.2) is 21.6 Å². The molecule has 20 heavy (non-hydrogen) atoms. The molecule has 1 aromatic heterocycles. The summed E-state index contributed by atoms with van der Waals surface area (Å²) in [7, 11) is 0. The summed E-state index contributed by atoms with van der Waals surface area (Å²) in [5.74, 6) is 0.768. The van der Waals surface area contributed by atoms with Gasteiger partial charge in [0.2, 0.25) is 0 Å². The number of nitrogens with zero attached hydrogens (tertiary/aromatic N) is 2. The molecule has 0 aliphatic carbocycles. The predicted molar refractivity (Wildman–Crippen MR) is 86.4 cm³/mol. The van der Waals surface area contributed by atoms with Gasteiger partial charge in [-0.15, -0.1) is 0 Å². The van der Waals surface area contributed by atoms with Crippen LogP contribution < -0.4 is 16.0 Å². The molecule has 2 aromatic rings. The third-order valence-corrected chi connectivity index (χ3v) is 2.78. The molecule has 2 rings (SSSR count). The van der Waals surface area contributed by atoms with Gasteiger partial charge in [-0.1, -0.05) is 6.07 Å². The molecule has 0 amide bonds.